The Bertz CT molecular complexity index is 953. The molecule has 1 aromatic carbocycles. The Morgan fingerprint density at radius 1 is 1.38 bits per heavy atom. The van der Waals surface area contributed by atoms with Crippen molar-refractivity contribution in [1.82, 2.24) is 9.97 Å². The summed E-state index contributed by atoms with van der Waals surface area (Å²) in [5.41, 5.74) is 1.36. The SMILES string of the molecule is CN1c2cnc(Nc3ccc(CS(=O)O)cc3F)nc2N(C2CCCC2)C1C=O. The van der Waals surface area contributed by atoms with Crippen LogP contribution in [0.15, 0.2) is 24.4 Å². The minimum absolute atomic E-state index is 0.137. The largest absolute Gasteiger partial charge is 0.344 e. The molecule has 1 saturated carbocycles. The fourth-order valence-electron chi connectivity index (χ4n) is 4.06. The van der Waals surface area contributed by atoms with Gasteiger partial charge in [0, 0.05) is 13.1 Å². The highest BCUT2D eigenvalue weighted by atomic mass is 32.2. The van der Waals surface area contributed by atoms with Crippen molar-refractivity contribution in [3.05, 3.63) is 35.8 Å². The first-order chi connectivity index (χ1) is 14.0. The fraction of sp³-hybridized carbons (Fsp3) is 0.421. The van der Waals surface area contributed by atoms with Crippen molar-refractivity contribution in [2.45, 2.75) is 43.6 Å². The van der Waals surface area contributed by atoms with Gasteiger partial charge in [0.25, 0.3) is 0 Å². The van der Waals surface area contributed by atoms with Gasteiger partial charge < -0.3 is 19.7 Å². The van der Waals surface area contributed by atoms with Gasteiger partial charge in [-0.3, -0.25) is 4.79 Å². The predicted molar refractivity (Wildman–Crippen MR) is 109 cm³/mol. The van der Waals surface area contributed by atoms with Crippen LogP contribution in [-0.2, 0) is 21.6 Å². The average molecular weight is 419 g/mol. The highest BCUT2D eigenvalue weighted by Gasteiger charge is 2.40. The van der Waals surface area contributed by atoms with Gasteiger partial charge >= 0.3 is 0 Å². The van der Waals surface area contributed by atoms with Gasteiger partial charge in [0.15, 0.2) is 29.4 Å². The normalized spacial score (nSPS) is 20.0. The maximum absolute atomic E-state index is 14.4. The Labute approximate surface area is 170 Å². The van der Waals surface area contributed by atoms with Crippen LogP contribution in [0.3, 0.4) is 0 Å². The van der Waals surface area contributed by atoms with E-state index in [4.69, 9.17) is 4.55 Å². The number of hydrogen-bond donors (Lipinski definition) is 2. The minimum atomic E-state index is -2.03. The molecule has 2 unspecified atom stereocenters. The first kappa shape index (κ1) is 19.7. The van der Waals surface area contributed by atoms with E-state index in [-0.39, 0.29) is 23.4 Å². The molecule has 29 heavy (non-hydrogen) atoms. The molecule has 2 atom stereocenters. The maximum atomic E-state index is 14.4. The number of rotatable bonds is 6. The van der Waals surface area contributed by atoms with Gasteiger partial charge in [0.1, 0.15) is 11.5 Å². The lowest BCUT2D eigenvalue weighted by Gasteiger charge is -2.31. The summed E-state index contributed by atoms with van der Waals surface area (Å²) in [5, 5.41) is 2.87. The van der Waals surface area contributed by atoms with Crippen molar-refractivity contribution >= 4 is 40.5 Å². The van der Waals surface area contributed by atoms with Crippen LogP contribution in [0.1, 0.15) is 31.2 Å². The number of fused-ring (bicyclic) bond motifs is 1. The molecule has 0 spiro atoms. The summed E-state index contributed by atoms with van der Waals surface area (Å²) in [6.45, 7) is 0. The molecular formula is C19H22FN5O3S. The van der Waals surface area contributed by atoms with E-state index >= 15 is 0 Å². The molecule has 0 radical (unpaired) electrons. The molecule has 0 bridgehead atoms. The number of nitrogens with zero attached hydrogens (tertiary/aromatic N) is 4. The number of hydrogen-bond acceptors (Lipinski definition) is 7. The average Bonchev–Trinajstić information content (AvgIpc) is 3.29. The number of aldehydes is 1. The van der Waals surface area contributed by atoms with E-state index in [0.29, 0.717) is 11.4 Å². The van der Waals surface area contributed by atoms with Crippen molar-refractivity contribution in [3.63, 3.8) is 0 Å². The molecule has 2 N–H and O–H groups in total. The number of aromatic nitrogens is 2. The van der Waals surface area contributed by atoms with Crippen LogP contribution in [0.4, 0.5) is 27.5 Å². The maximum Gasteiger partial charge on any atom is 0.229 e. The second-order valence-electron chi connectivity index (χ2n) is 7.31. The van der Waals surface area contributed by atoms with E-state index in [9.17, 15) is 13.4 Å². The predicted octanol–water partition coefficient (Wildman–Crippen LogP) is 2.80. The summed E-state index contributed by atoms with van der Waals surface area (Å²) >= 11 is -2.03. The number of nitrogens with one attached hydrogen (secondary N) is 1. The number of likely N-dealkylation sites (N-methyl/N-ethyl adjacent to an activating group) is 1. The molecule has 154 valence electrons. The molecule has 1 aliphatic heterocycles. The number of anilines is 4. The summed E-state index contributed by atoms with van der Waals surface area (Å²) in [7, 11) is 1.84. The van der Waals surface area contributed by atoms with E-state index in [0.717, 1.165) is 37.7 Å². The van der Waals surface area contributed by atoms with Gasteiger partial charge in [-0.1, -0.05) is 18.9 Å². The van der Waals surface area contributed by atoms with Crippen molar-refractivity contribution in [1.29, 1.82) is 0 Å². The molecule has 1 aliphatic carbocycles. The smallest absolute Gasteiger partial charge is 0.229 e. The summed E-state index contributed by atoms with van der Waals surface area (Å²) in [6, 6.07) is 4.52. The Balaban J connectivity index is 1.62. The van der Waals surface area contributed by atoms with Gasteiger partial charge in [0.05, 0.1) is 17.6 Å². The van der Waals surface area contributed by atoms with Gasteiger partial charge in [-0.05, 0) is 30.5 Å². The Kier molecular flexibility index (Phi) is 5.46. The highest BCUT2D eigenvalue weighted by molar-refractivity contribution is 7.78. The van der Waals surface area contributed by atoms with Crippen LogP contribution in [0.25, 0.3) is 0 Å². The second-order valence-corrected chi connectivity index (χ2v) is 8.25. The van der Waals surface area contributed by atoms with Crippen LogP contribution < -0.4 is 15.1 Å². The van der Waals surface area contributed by atoms with Crippen LogP contribution >= 0.6 is 0 Å². The monoisotopic (exact) mass is 419 g/mol. The van der Waals surface area contributed by atoms with Crippen molar-refractivity contribution in [3.8, 4) is 0 Å². The van der Waals surface area contributed by atoms with Crippen molar-refractivity contribution in [2.24, 2.45) is 0 Å². The summed E-state index contributed by atoms with van der Waals surface area (Å²) < 4.78 is 34.2. The van der Waals surface area contributed by atoms with E-state index in [1.807, 2.05) is 16.8 Å². The second kappa shape index (κ2) is 8.03. The van der Waals surface area contributed by atoms with Crippen molar-refractivity contribution < 1.29 is 17.9 Å². The van der Waals surface area contributed by atoms with E-state index < -0.39 is 23.1 Å². The molecule has 1 fully saturated rings. The third-order valence-corrected chi connectivity index (χ3v) is 6.05. The molecule has 2 aromatic rings. The van der Waals surface area contributed by atoms with Crippen LogP contribution in [0.5, 0.6) is 0 Å². The van der Waals surface area contributed by atoms with E-state index in [1.54, 1.807) is 12.3 Å². The lowest BCUT2D eigenvalue weighted by Crippen LogP contribution is -2.47. The summed E-state index contributed by atoms with van der Waals surface area (Å²) in [6.07, 6.45) is 6.39. The molecule has 0 saturated heterocycles. The van der Waals surface area contributed by atoms with Crippen LogP contribution in [-0.4, -0.2) is 44.3 Å². The number of carbonyl (C=O) groups excluding carboxylic acids is 1. The standard InChI is InChI=1S/C19H22FN5O3S/c1-24-16-9-21-19(22-15-7-6-12(8-14(15)20)11-29(27)28)23-18(16)25(17(24)10-26)13-4-2-3-5-13/h6-10,13,17H,2-5,11H2,1H3,(H,27,28)(H,21,22,23). The van der Waals surface area contributed by atoms with Gasteiger partial charge in [-0.25, -0.2) is 13.6 Å². The molecule has 2 aliphatic rings. The zero-order chi connectivity index (χ0) is 20.5. The van der Waals surface area contributed by atoms with Crippen LogP contribution in [0, 0.1) is 5.82 Å². The molecule has 1 aromatic heterocycles. The molecule has 4 rings (SSSR count). The molecular weight excluding hydrogens is 397 g/mol. The van der Waals surface area contributed by atoms with Crippen molar-refractivity contribution in [2.75, 3.05) is 22.2 Å². The quantitative estimate of drug-likeness (QED) is 0.545. The lowest BCUT2D eigenvalue weighted by atomic mass is 10.2. The van der Waals surface area contributed by atoms with Gasteiger partial charge in [-0.2, -0.15) is 4.98 Å². The zero-order valence-electron chi connectivity index (χ0n) is 15.9. The summed E-state index contributed by atoms with van der Waals surface area (Å²) in [4.78, 5) is 24.5. The van der Waals surface area contributed by atoms with Gasteiger partial charge in [0.2, 0.25) is 5.95 Å². The third kappa shape index (κ3) is 3.82. The highest BCUT2D eigenvalue weighted by Crippen LogP contribution is 2.41. The Hall–Kier alpha value is -2.59. The molecule has 8 nitrogen and oxygen atoms in total. The zero-order valence-corrected chi connectivity index (χ0v) is 16.7. The van der Waals surface area contributed by atoms with Gasteiger partial charge in [-0.15, -0.1) is 0 Å². The molecule has 2 heterocycles. The molecule has 10 heteroatoms. The Morgan fingerprint density at radius 2 is 2.14 bits per heavy atom. The third-order valence-electron chi connectivity index (χ3n) is 5.47. The number of benzene rings is 1. The number of halogens is 1. The first-order valence-electron chi connectivity index (χ1n) is 9.44. The lowest BCUT2D eigenvalue weighted by molar-refractivity contribution is -0.108. The van der Waals surface area contributed by atoms with E-state index in [2.05, 4.69) is 15.3 Å². The minimum Gasteiger partial charge on any atom is -0.344 e. The first-order valence-corrected chi connectivity index (χ1v) is 10.7. The fourth-order valence-corrected chi connectivity index (χ4v) is 4.53. The Morgan fingerprint density at radius 3 is 2.79 bits per heavy atom. The number of carbonyl (C=O) groups is 1. The topological polar surface area (TPSA) is 98.7 Å². The van der Waals surface area contributed by atoms with Crippen LogP contribution in [0.2, 0.25) is 0 Å². The van der Waals surface area contributed by atoms with E-state index in [1.165, 1.54) is 12.1 Å². The summed E-state index contributed by atoms with van der Waals surface area (Å²) in [5.74, 6) is 0.195. The molecule has 0 amide bonds.